The molecule has 0 aliphatic heterocycles. The molecule has 0 saturated carbocycles. The molecule has 0 unspecified atom stereocenters. The first-order valence-electron chi connectivity index (χ1n) is 7.22. The predicted octanol–water partition coefficient (Wildman–Crippen LogP) is 3.41. The molecule has 19 heavy (non-hydrogen) atoms. The molecule has 0 spiro atoms. The van der Waals surface area contributed by atoms with Crippen LogP contribution >= 0.6 is 0 Å². The Morgan fingerprint density at radius 3 is 2.68 bits per heavy atom. The molecule has 0 fully saturated rings. The summed E-state index contributed by atoms with van der Waals surface area (Å²) in [5.74, 6) is 0.0803. The largest absolute Gasteiger partial charge is 0.326 e. The molecule has 0 aliphatic carbocycles. The summed E-state index contributed by atoms with van der Waals surface area (Å²) in [7, 11) is 0. The number of rotatable bonds is 8. The summed E-state index contributed by atoms with van der Waals surface area (Å²) in [6.07, 6.45) is 4.20. The van der Waals surface area contributed by atoms with Gasteiger partial charge in [0.15, 0.2) is 0 Å². The lowest BCUT2D eigenvalue weighted by atomic mass is 10.1. The van der Waals surface area contributed by atoms with Crippen molar-refractivity contribution >= 4 is 11.6 Å². The van der Waals surface area contributed by atoms with Gasteiger partial charge in [0.2, 0.25) is 5.91 Å². The molecular weight excluding hydrogens is 236 g/mol. The van der Waals surface area contributed by atoms with E-state index < -0.39 is 0 Å². The van der Waals surface area contributed by atoms with Gasteiger partial charge >= 0.3 is 0 Å². The molecule has 3 nitrogen and oxygen atoms in total. The van der Waals surface area contributed by atoms with Crippen molar-refractivity contribution in [3.63, 3.8) is 0 Å². The average Bonchev–Trinajstić information content (AvgIpc) is 2.39. The zero-order valence-corrected chi connectivity index (χ0v) is 12.4. The molecule has 0 aliphatic rings. The van der Waals surface area contributed by atoms with Crippen LogP contribution in [-0.4, -0.2) is 19.0 Å². The number of amides is 1. The minimum absolute atomic E-state index is 0.0803. The summed E-state index contributed by atoms with van der Waals surface area (Å²) in [6, 6.07) is 5.98. The number of hydrogen-bond acceptors (Lipinski definition) is 2. The van der Waals surface area contributed by atoms with E-state index in [0.717, 1.165) is 24.3 Å². The summed E-state index contributed by atoms with van der Waals surface area (Å²) in [5, 5.41) is 6.28. The highest BCUT2D eigenvalue weighted by molar-refractivity contribution is 5.91. The van der Waals surface area contributed by atoms with Crippen molar-refractivity contribution in [3.8, 4) is 0 Å². The number of carbonyl (C=O) groups excluding carboxylic acids is 1. The Morgan fingerprint density at radius 1 is 1.16 bits per heavy atom. The minimum Gasteiger partial charge on any atom is -0.326 e. The van der Waals surface area contributed by atoms with Gasteiger partial charge in [0.05, 0.1) is 0 Å². The molecule has 0 bridgehead atoms. The molecule has 3 heteroatoms. The minimum atomic E-state index is 0.0803. The summed E-state index contributed by atoms with van der Waals surface area (Å²) >= 11 is 0. The average molecular weight is 262 g/mol. The zero-order chi connectivity index (χ0) is 14.1. The van der Waals surface area contributed by atoms with E-state index in [0.29, 0.717) is 6.42 Å². The van der Waals surface area contributed by atoms with Crippen LogP contribution in [0.1, 0.15) is 43.7 Å². The Bertz CT molecular complexity index is 402. The normalized spacial score (nSPS) is 10.5. The van der Waals surface area contributed by atoms with E-state index in [1.807, 2.05) is 19.1 Å². The van der Waals surface area contributed by atoms with Gasteiger partial charge in [0.1, 0.15) is 0 Å². The van der Waals surface area contributed by atoms with E-state index in [9.17, 15) is 4.79 Å². The molecule has 0 radical (unpaired) electrons. The number of unbranched alkanes of at least 4 members (excludes halogenated alkanes) is 2. The fourth-order valence-corrected chi connectivity index (χ4v) is 1.93. The van der Waals surface area contributed by atoms with Crippen LogP contribution in [0, 0.1) is 13.8 Å². The van der Waals surface area contributed by atoms with Gasteiger partial charge in [0.25, 0.3) is 0 Å². The zero-order valence-electron chi connectivity index (χ0n) is 12.4. The van der Waals surface area contributed by atoms with E-state index in [1.54, 1.807) is 0 Å². The highest BCUT2D eigenvalue weighted by Crippen LogP contribution is 2.17. The van der Waals surface area contributed by atoms with Gasteiger partial charge in [0, 0.05) is 18.7 Å². The lowest BCUT2D eigenvalue weighted by Crippen LogP contribution is -2.22. The Balaban J connectivity index is 2.26. The van der Waals surface area contributed by atoms with E-state index in [-0.39, 0.29) is 5.91 Å². The number of aryl methyl sites for hydroxylation is 1. The van der Waals surface area contributed by atoms with Crippen molar-refractivity contribution in [2.24, 2.45) is 0 Å². The maximum absolute atomic E-state index is 11.8. The number of hydrogen-bond donors (Lipinski definition) is 2. The van der Waals surface area contributed by atoms with Crippen LogP contribution < -0.4 is 10.6 Å². The molecule has 0 heterocycles. The molecule has 2 N–H and O–H groups in total. The van der Waals surface area contributed by atoms with Crippen molar-refractivity contribution in [2.75, 3.05) is 18.4 Å². The smallest absolute Gasteiger partial charge is 0.225 e. The first-order valence-corrected chi connectivity index (χ1v) is 7.22. The Kier molecular flexibility index (Phi) is 7.19. The highest BCUT2D eigenvalue weighted by Gasteiger charge is 2.05. The van der Waals surface area contributed by atoms with Crippen molar-refractivity contribution in [2.45, 2.75) is 46.5 Å². The number of anilines is 1. The second-order valence-corrected chi connectivity index (χ2v) is 5.00. The molecule has 1 rings (SSSR count). The summed E-state index contributed by atoms with van der Waals surface area (Å²) in [6.45, 7) is 8.04. The van der Waals surface area contributed by atoms with Gasteiger partial charge in [-0.3, -0.25) is 4.79 Å². The third kappa shape index (κ3) is 5.88. The quantitative estimate of drug-likeness (QED) is 0.705. The Morgan fingerprint density at radius 2 is 1.95 bits per heavy atom. The molecule has 0 aromatic heterocycles. The first kappa shape index (κ1) is 15.7. The van der Waals surface area contributed by atoms with Crippen molar-refractivity contribution in [3.05, 3.63) is 29.3 Å². The van der Waals surface area contributed by atoms with E-state index in [4.69, 9.17) is 0 Å². The van der Waals surface area contributed by atoms with Crippen molar-refractivity contribution < 1.29 is 4.79 Å². The van der Waals surface area contributed by atoms with Gasteiger partial charge in [-0.2, -0.15) is 0 Å². The predicted molar refractivity (Wildman–Crippen MR) is 81.6 cm³/mol. The van der Waals surface area contributed by atoms with E-state index >= 15 is 0 Å². The SMILES string of the molecule is CCCCCNCCC(=O)Nc1cccc(C)c1C. The van der Waals surface area contributed by atoms with Crippen LogP contribution in [0.15, 0.2) is 18.2 Å². The number of carbonyl (C=O) groups is 1. The summed E-state index contributed by atoms with van der Waals surface area (Å²) in [5.41, 5.74) is 3.28. The molecule has 0 saturated heterocycles. The van der Waals surface area contributed by atoms with Crippen LogP contribution in [0.5, 0.6) is 0 Å². The van der Waals surface area contributed by atoms with Crippen LogP contribution in [0.25, 0.3) is 0 Å². The topological polar surface area (TPSA) is 41.1 Å². The third-order valence-corrected chi connectivity index (χ3v) is 3.36. The number of nitrogens with one attached hydrogen (secondary N) is 2. The van der Waals surface area contributed by atoms with Gasteiger partial charge in [-0.05, 0) is 44.0 Å². The molecule has 1 aromatic rings. The monoisotopic (exact) mass is 262 g/mol. The van der Waals surface area contributed by atoms with Crippen molar-refractivity contribution in [1.29, 1.82) is 0 Å². The third-order valence-electron chi connectivity index (χ3n) is 3.36. The Labute approximate surface area is 116 Å². The lowest BCUT2D eigenvalue weighted by Gasteiger charge is -2.10. The molecule has 0 atom stereocenters. The van der Waals surface area contributed by atoms with Gasteiger partial charge < -0.3 is 10.6 Å². The van der Waals surface area contributed by atoms with E-state index in [1.165, 1.54) is 24.8 Å². The summed E-state index contributed by atoms with van der Waals surface area (Å²) in [4.78, 5) is 11.8. The maximum atomic E-state index is 11.8. The number of benzene rings is 1. The van der Waals surface area contributed by atoms with Crippen LogP contribution in [0.2, 0.25) is 0 Å². The van der Waals surface area contributed by atoms with Gasteiger partial charge in [-0.25, -0.2) is 0 Å². The first-order chi connectivity index (χ1) is 9.15. The molecule has 106 valence electrons. The van der Waals surface area contributed by atoms with Crippen LogP contribution in [0.3, 0.4) is 0 Å². The molecule has 1 aromatic carbocycles. The second kappa shape index (κ2) is 8.70. The second-order valence-electron chi connectivity index (χ2n) is 5.00. The summed E-state index contributed by atoms with van der Waals surface area (Å²) < 4.78 is 0. The molecular formula is C16H26N2O. The Hall–Kier alpha value is -1.35. The fourth-order valence-electron chi connectivity index (χ4n) is 1.93. The van der Waals surface area contributed by atoms with E-state index in [2.05, 4.69) is 30.5 Å². The van der Waals surface area contributed by atoms with Crippen molar-refractivity contribution in [1.82, 2.24) is 5.32 Å². The maximum Gasteiger partial charge on any atom is 0.225 e. The standard InChI is InChI=1S/C16H26N2O/c1-4-5-6-11-17-12-10-16(19)18-15-9-7-8-13(2)14(15)3/h7-9,17H,4-6,10-12H2,1-3H3,(H,18,19). The van der Waals surface area contributed by atoms with Crippen LogP contribution in [0.4, 0.5) is 5.69 Å². The van der Waals surface area contributed by atoms with Gasteiger partial charge in [-0.1, -0.05) is 31.9 Å². The fraction of sp³-hybridized carbons (Fsp3) is 0.562. The van der Waals surface area contributed by atoms with Crippen LogP contribution in [-0.2, 0) is 4.79 Å². The highest BCUT2D eigenvalue weighted by atomic mass is 16.1. The molecule has 1 amide bonds. The lowest BCUT2D eigenvalue weighted by molar-refractivity contribution is -0.116. The van der Waals surface area contributed by atoms with Gasteiger partial charge in [-0.15, -0.1) is 0 Å².